The first-order valence-electron chi connectivity index (χ1n) is 8.27. The lowest BCUT2D eigenvalue weighted by atomic mass is 9.97. The minimum absolute atomic E-state index is 0.0519. The third-order valence-electron chi connectivity index (χ3n) is 4.66. The molecule has 1 aromatic heterocycles. The summed E-state index contributed by atoms with van der Waals surface area (Å²) in [5.74, 6) is 0.481. The third-order valence-corrected chi connectivity index (χ3v) is 4.66. The van der Waals surface area contributed by atoms with Crippen LogP contribution in [0.25, 0.3) is 10.9 Å². The number of carbonyl (C=O) groups is 1. The van der Waals surface area contributed by atoms with Crippen LogP contribution in [-0.2, 0) is 16.0 Å². The average Bonchev–Trinajstić information content (AvgIpc) is 2.98. The Labute approximate surface area is 136 Å². The number of H-pyrrole nitrogens is 1. The first kappa shape index (κ1) is 16.0. The predicted molar refractivity (Wildman–Crippen MR) is 91.2 cm³/mol. The number of rotatable bonds is 5. The number of piperidine rings is 1. The predicted octanol–water partition coefficient (Wildman–Crippen LogP) is 1.92. The monoisotopic (exact) mass is 315 g/mol. The van der Waals surface area contributed by atoms with Crippen LogP contribution in [-0.4, -0.2) is 48.6 Å². The number of aromatic nitrogens is 1. The molecule has 1 unspecified atom stereocenters. The van der Waals surface area contributed by atoms with Crippen LogP contribution in [0.4, 0.5) is 0 Å². The first-order chi connectivity index (χ1) is 11.2. The molecule has 3 rings (SSSR count). The molecule has 3 N–H and O–H groups in total. The number of carbonyl (C=O) groups excluding carboxylic acids is 1. The Morgan fingerprint density at radius 1 is 1.48 bits per heavy atom. The SMILES string of the molecule is COCC1CCCN(C(=O)[C@@H](N)Cc2c[nH]c3ccccc23)C1. The van der Waals surface area contributed by atoms with Crippen LogP contribution < -0.4 is 5.73 Å². The summed E-state index contributed by atoms with van der Waals surface area (Å²) in [6.07, 6.45) is 4.67. The van der Waals surface area contributed by atoms with E-state index in [4.69, 9.17) is 10.5 Å². The summed E-state index contributed by atoms with van der Waals surface area (Å²) in [5.41, 5.74) is 8.40. The van der Waals surface area contributed by atoms with E-state index in [1.54, 1.807) is 7.11 Å². The van der Waals surface area contributed by atoms with E-state index >= 15 is 0 Å². The van der Waals surface area contributed by atoms with Gasteiger partial charge in [-0.1, -0.05) is 18.2 Å². The minimum Gasteiger partial charge on any atom is -0.384 e. The highest BCUT2D eigenvalue weighted by atomic mass is 16.5. The summed E-state index contributed by atoms with van der Waals surface area (Å²) in [6, 6.07) is 7.61. The maximum atomic E-state index is 12.7. The number of nitrogens with zero attached hydrogens (tertiary/aromatic N) is 1. The van der Waals surface area contributed by atoms with Crippen LogP contribution in [0.3, 0.4) is 0 Å². The van der Waals surface area contributed by atoms with Crippen molar-refractivity contribution < 1.29 is 9.53 Å². The number of nitrogens with one attached hydrogen (secondary N) is 1. The summed E-state index contributed by atoms with van der Waals surface area (Å²) in [6.45, 7) is 2.27. The lowest BCUT2D eigenvalue weighted by molar-refractivity contribution is -0.134. The molecule has 0 bridgehead atoms. The molecule has 5 nitrogen and oxygen atoms in total. The molecule has 1 aliphatic rings. The number of para-hydroxylation sites is 1. The number of methoxy groups -OCH3 is 1. The zero-order valence-electron chi connectivity index (χ0n) is 13.6. The lowest BCUT2D eigenvalue weighted by Crippen LogP contribution is -2.49. The fourth-order valence-corrected chi connectivity index (χ4v) is 3.50. The van der Waals surface area contributed by atoms with E-state index in [0.29, 0.717) is 18.9 Å². The van der Waals surface area contributed by atoms with Gasteiger partial charge in [-0.15, -0.1) is 0 Å². The highest BCUT2D eigenvalue weighted by Gasteiger charge is 2.27. The Morgan fingerprint density at radius 3 is 3.13 bits per heavy atom. The van der Waals surface area contributed by atoms with Gasteiger partial charge in [-0.25, -0.2) is 0 Å². The van der Waals surface area contributed by atoms with Gasteiger partial charge in [0.1, 0.15) is 0 Å². The van der Waals surface area contributed by atoms with Crippen molar-refractivity contribution in [2.45, 2.75) is 25.3 Å². The molecule has 1 fully saturated rings. The summed E-state index contributed by atoms with van der Waals surface area (Å²) < 4.78 is 5.23. The van der Waals surface area contributed by atoms with Crippen molar-refractivity contribution >= 4 is 16.8 Å². The molecule has 2 aromatic rings. The number of amides is 1. The van der Waals surface area contributed by atoms with Gasteiger partial charge in [0.05, 0.1) is 12.6 Å². The normalized spacial score (nSPS) is 19.9. The maximum absolute atomic E-state index is 12.7. The number of nitrogens with two attached hydrogens (primary N) is 1. The van der Waals surface area contributed by atoms with E-state index in [1.165, 1.54) is 0 Å². The quantitative estimate of drug-likeness (QED) is 0.885. The number of hydrogen-bond donors (Lipinski definition) is 2. The van der Waals surface area contributed by atoms with Crippen LogP contribution in [0, 0.1) is 5.92 Å². The van der Waals surface area contributed by atoms with E-state index in [-0.39, 0.29) is 5.91 Å². The fraction of sp³-hybridized carbons (Fsp3) is 0.500. The molecule has 5 heteroatoms. The second-order valence-electron chi connectivity index (χ2n) is 6.42. The van der Waals surface area contributed by atoms with Gasteiger partial charge >= 0.3 is 0 Å². The fourth-order valence-electron chi connectivity index (χ4n) is 3.50. The summed E-state index contributed by atoms with van der Waals surface area (Å²) in [7, 11) is 1.71. The van der Waals surface area contributed by atoms with Gasteiger partial charge in [0.15, 0.2) is 0 Å². The van der Waals surface area contributed by atoms with E-state index < -0.39 is 6.04 Å². The molecule has 1 aromatic carbocycles. The number of fused-ring (bicyclic) bond motifs is 1. The van der Waals surface area contributed by atoms with Crippen LogP contribution in [0.15, 0.2) is 30.5 Å². The largest absolute Gasteiger partial charge is 0.384 e. The van der Waals surface area contributed by atoms with Gasteiger partial charge < -0.3 is 20.4 Å². The molecule has 1 amide bonds. The average molecular weight is 315 g/mol. The molecule has 2 atom stereocenters. The zero-order chi connectivity index (χ0) is 16.2. The molecule has 1 aliphatic heterocycles. The van der Waals surface area contributed by atoms with Crippen LogP contribution in [0.1, 0.15) is 18.4 Å². The second kappa shape index (κ2) is 7.15. The Balaban J connectivity index is 1.65. The van der Waals surface area contributed by atoms with Crippen molar-refractivity contribution in [1.29, 1.82) is 0 Å². The topological polar surface area (TPSA) is 71.3 Å². The summed E-state index contributed by atoms with van der Waals surface area (Å²) >= 11 is 0. The first-order valence-corrected chi connectivity index (χ1v) is 8.27. The van der Waals surface area contributed by atoms with Gasteiger partial charge in [0, 0.05) is 37.3 Å². The number of benzene rings is 1. The molecule has 2 heterocycles. The van der Waals surface area contributed by atoms with Gasteiger partial charge in [0.2, 0.25) is 5.91 Å². The van der Waals surface area contributed by atoms with E-state index in [2.05, 4.69) is 11.1 Å². The van der Waals surface area contributed by atoms with Crippen molar-refractivity contribution in [2.75, 3.05) is 26.8 Å². The minimum atomic E-state index is -0.490. The van der Waals surface area contributed by atoms with Crippen molar-refractivity contribution in [3.63, 3.8) is 0 Å². The number of hydrogen-bond acceptors (Lipinski definition) is 3. The molecule has 0 aliphatic carbocycles. The zero-order valence-corrected chi connectivity index (χ0v) is 13.6. The van der Waals surface area contributed by atoms with E-state index in [1.807, 2.05) is 29.3 Å². The van der Waals surface area contributed by atoms with Crippen LogP contribution in [0.5, 0.6) is 0 Å². The van der Waals surface area contributed by atoms with Gasteiger partial charge in [-0.05, 0) is 36.8 Å². The maximum Gasteiger partial charge on any atom is 0.239 e. The molecule has 23 heavy (non-hydrogen) atoms. The number of likely N-dealkylation sites (tertiary alicyclic amines) is 1. The highest BCUT2D eigenvalue weighted by molar-refractivity contribution is 5.86. The lowest BCUT2D eigenvalue weighted by Gasteiger charge is -2.34. The van der Waals surface area contributed by atoms with Crippen LogP contribution in [0.2, 0.25) is 0 Å². The second-order valence-corrected chi connectivity index (χ2v) is 6.42. The van der Waals surface area contributed by atoms with Crippen molar-refractivity contribution in [3.05, 3.63) is 36.0 Å². The molecular formula is C18H25N3O2. The molecule has 1 saturated heterocycles. The van der Waals surface area contributed by atoms with Crippen molar-refractivity contribution in [3.8, 4) is 0 Å². The number of ether oxygens (including phenoxy) is 1. The Kier molecular flexibility index (Phi) is 4.98. The smallest absolute Gasteiger partial charge is 0.239 e. The summed E-state index contributed by atoms with van der Waals surface area (Å²) in [5, 5.41) is 1.15. The molecule has 124 valence electrons. The molecule has 0 radical (unpaired) electrons. The molecule has 0 saturated carbocycles. The highest BCUT2D eigenvalue weighted by Crippen LogP contribution is 2.21. The Morgan fingerprint density at radius 2 is 2.30 bits per heavy atom. The van der Waals surface area contributed by atoms with Gasteiger partial charge in [-0.2, -0.15) is 0 Å². The van der Waals surface area contributed by atoms with Gasteiger partial charge in [-0.3, -0.25) is 4.79 Å². The van der Waals surface area contributed by atoms with Gasteiger partial charge in [0.25, 0.3) is 0 Å². The van der Waals surface area contributed by atoms with E-state index in [0.717, 1.165) is 42.4 Å². The van der Waals surface area contributed by atoms with Crippen LogP contribution >= 0.6 is 0 Å². The van der Waals surface area contributed by atoms with Crippen molar-refractivity contribution in [2.24, 2.45) is 11.7 Å². The Hall–Kier alpha value is -1.85. The Bertz CT molecular complexity index is 665. The number of aromatic amines is 1. The third kappa shape index (κ3) is 3.57. The molecule has 0 spiro atoms. The molecular weight excluding hydrogens is 290 g/mol. The standard InChI is InChI=1S/C18H25N3O2/c1-23-12-13-5-4-8-21(11-13)18(22)16(19)9-14-10-20-17-7-3-2-6-15(14)17/h2-3,6-7,10,13,16,20H,4-5,8-9,11-12,19H2,1H3/t13?,16-/m0/s1. The van der Waals surface area contributed by atoms with E-state index in [9.17, 15) is 4.79 Å². The van der Waals surface area contributed by atoms with Crippen molar-refractivity contribution in [1.82, 2.24) is 9.88 Å². The summed E-state index contributed by atoms with van der Waals surface area (Å²) in [4.78, 5) is 17.8.